The van der Waals surface area contributed by atoms with Gasteiger partial charge in [-0.05, 0) is 36.4 Å². The summed E-state index contributed by atoms with van der Waals surface area (Å²) < 4.78 is 10.5. The molecule has 0 atom stereocenters. The number of rotatable bonds is 6. The van der Waals surface area contributed by atoms with Crippen LogP contribution in [0.4, 0.5) is 5.69 Å². The fourth-order valence-corrected chi connectivity index (χ4v) is 1.99. The third-order valence-corrected chi connectivity index (χ3v) is 3.12. The van der Waals surface area contributed by atoms with Crippen molar-refractivity contribution in [3.8, 4) is 11.5 Å². The van der Waals surface area contributed by atoms with Gasteiger partial charge in [-0.2, -0.15) is 0 Å². The number of para-hydroxylation sites is 1. The van der Waals surface area contributed by atoms with Crippen LogP contribution in [0.3, 0.4) is 0 Å². The number of anilines is 1. The molecule has 114 valence electrons. The number of nitrogens with one attached hydrogen (secondary N) is 1. The van der Waals surface area contributed by atoms with Crippen LogP contribution >= 0.6 is 12.2 Å². The maximum Gasteiger partial charge on any atom is 0.262 e. The first-order valence-corrected chi connectivity index (χ1v) is 6.96. The summed E-state index contributed by atoms with van der Waals surface area (Å²) >= 11 is 4.95. The number of benzene rings is 2. The maximum atomic E-state index is 11.9. The van der Waals surface area contributed by atoms with Crippen LogP contribution < -0.4 is 20.5 Å². The van der Waals surface area contributed by atoms with Crippen molar-refractivity contribution in [3.05, 3.63) is 54.1 Å². The summed E-state index contributed by atoms with van der Waals surface area (Å²) in [4.78, 5) is 12.2. The summed E-state index contributed by atoms with van der Waals surface area (Å²) in [6.45, 7) is -0.113. The molecule has 3 N–H and O–H groups in total. The highest BCUT2D eigenvalue weighted by atomic mass is 32.1. The molecule has 0 spiro atoms. The van der Waals surface area contributed by atoms with Gasteiger partial charge in [0.2, 0.25) is 0 Å². The van der Waals surface area contributed by atoms with E-state index in [9.17, 15) is 4.79 Å². The molecule has 0 aliphatic carbocycles. The van der Waals surface area contributed by atoms with E-state index in [0.717, 1.165) is 5.75 Å². The predicted molar refractivity (Wildman–Crippen MR) is 89.4 cm³/mol. The lowest BCUT2D eigenvalue weighted by molar-refractivity contribution is -0.118. The Morgan fingerprint density at radius 1 is 1.14 bits per heavy atom. The second kappa shape index (κ2) is 7.42. The second-order valence-corrected chi connectivity index (χ2v) is 4.86. The summed E-state index contributed by atoms with van der Waals surface area (Å²) in [7, 11) is 1.59. The molecule has 0 radical (unpaired) electrons. The van der Waals surface area contributed by atoms with Crippen molar-refractivity contribution in [2.24, 2.45) is 5.73 Å². The predicted octanol–water partition coefficient (Wildman–Crippen LogP) is 2.35. The summed E-state index contributed by atoms with van der Waals surface area (Å²) in [6.07, 6.45) is 0. The number of nitrogens with two attached hydrogens (primary N) is 1. The average molecular weight is 316 g/mol. The van der Waals surface area contributed by atoms with E-state index in [2.05, 4.69) is 5.32 Å². The Morgan fingerprint density at radius 2 is 1.77 bits per heavy atom. The lowest BCUT2D eigenvalue weighted by Crippen LogP contribution is -2.22. The normalized spacial score (nSPS) is 9.86. The lowest BCUT2D eigenvalue weighted by Gasteiger charge is -2.11. The topological polar surface area (TPSA) is 73.6 Å². The Bertz CT molecular complexity index is 671. The summed E-state index contributed by atoms with van der Waals surface area (Å²) in [5.74, 6) is 1.01. The molecule has 0 fully saturated rings. The van der Waals surface area contributed by atoms with Crippen LogP contribution in [0, 0.1) is 0 Å². The Balaban J connectivity index is 1.94. The minimum Gasteiger partial charge on any atom is -0.497 e. The molecule has 0 saturated carbocycles. The van der Waals surface area contributed by atoms with Gasteiger partial charge in [0, 0.05) is 5.56 Å². The minimum atomic E-state index is -0.292. The number of methoxy groups -OCH3 is 1. The van der Waals surface area contributed by atoms with Gasteiger partial charge in [-0.25, -0.2) is 0 Å². The van der Waals surface area contributed by atoms with Gasteiger partial charge in [0.1, 0.15) is 16.5 Å². The largest absolute Gasteiger partial charge is 0.497 e. The van der Waals surface area contributed by atoms with Gasteiger partial charge in [0.15, 0.2) is 6.61 Å². The molecule has 0 aliphatic rings. The summed E-state index contributed by atoms with van der Waals surface area (Å²) in [5.41, 5.74) is 6.81. The van der Waals surface area contributed by atoms with E-state index >= 15 is 0 Å². The zero-order valence-corrected chi connectivity index (χ0v) is 12.9. The monoisotopic (exact) mass is 316 g/mol. The molecule has 0 heterocycles. The first-order chi connectivity index (χ1) is 10.6. The van der Waals surface area contributed by atoms with Crippen LogP contribution in [0.15, 0.2) is 48.5 Å². The Hall–Kier alpha value is -2.60. The number of carbonyl (C=O) groups is 1. The fourth-order valence-electron chi connectivity index (χ4n) is 1.81. The number of ether oxygens (including phenoxy) is 2. The fraction of sp³-hybridized carbons (Fsp3) is 0.125. The first-order valence-electron chi connectivity index (χ1n) is 6.55. The van der Waals surface area contributed by atoms with Crippen molar-refractivity contribution in [1.82, 2.24) is 0 Å². The molecule has 0 aromatic heterocycles. The molecule has 0 saturated heterocycles. The molecule has 0 unspecified atom stereocenters. The smallest absolute Gasteiger partial charge is 0.262 e. The zero-order chi connectivity index (χ0) is 15.9. The standard InChI is InChI=1S/C16H16N2O3S/c1-20-11-6-8-12(9-7-11)21-10-15(19)18-14-5-3-2-4-13(14)16(17)22/h2-9H,10H2,1H3,(H2,17,22)(H,18,19). The Labute approximate surface area is 134 Å². The highest BCUT2D eigenvalue weighted by Crippen LogP contribution is 2.17. The summed E-state index contributed by atoms with van der Waals surface area (Å²) in [5, 5.41) is 2.73. The lowest BCUT2D eigenvalue weighted by atomic mass is 10.2. The van der Waals surface area contributed by atoms with E-state index in [1.54, 1.807) is 55.6 Å². The second-order valence-electron chi connectivity index (χ2n) is 4.42. The van der Waals surface area contributed by atoms with Crippen molar-refractivity contribution in [2.45, 2.75) is 0 Å². The molecule has 0 aliphatic heterocycles. The van der Waals surface area contributed by atoms with E-state index < -0.39 is 0 Å². The van der Waals surface area contributed by atoms with Crippen molar-refractivity contribution < 1.29 is 14.3 Å². The molecule has 0 bridgehead atoms. The van der Waals surface area contributed by atoms with Crippen molar-refractivity contribution >= 4 is 28.8 Å². The first kappa shape index (κ1) is 15.8. The average Bonchev–Trinajstić information content (AvgIpc) is 2.53. The van der Waals surface area contributed by atoms with Gasteiger partial charge in [0.05, 0.1) is 12.8 Å². The summed E-state index contributed by atoms with van der Waals surface area (Å²) in [6, 6.07) is 14.1. The van der Waals surface area contributed by atoms with Gasteiger partial charge in [-0.1, -0.05) is 24.4 Å². The Morgan fingerprint density at radius 3 is 2.41 bits per heavy atom. The molecule has 22 heavy (non-hydrogen) atoms. The SMILES string of the molecule is COc1ccc(OCC(=O)Nc2ccccc2C(N)=S)cc1. The molecule has 2 aromatic carbocycles. The molecular weight excluding hydrogens is 300 g/mol. The van der Waals surface area contributed by atoms with Gasteiger partial charge < -0.3 is 20.5 Å². The molecule has 6 heteroatoms. The van der Waals surface area contributed by atoms with Crippen LogP contribution in [-0.4, -0.2) is 24.6 Å². The van der Waals surface area contributed by atoms with E-state index in [0.29, 0.717) is 17.0 Å². The number of hydrogen-bond acceptors (Lipinski definition) is 4. The molecular formula is C16H16N2O3S. The van der Waals surface area contributed by atoms with Gasteiger partial charge >= 0.3 is 0 Å². The van der Waals surface area contributed by atoms with Crippen molar-refractivity contribution in [3.63, 3.8) is 0 Å². The molecule has 1 amide bonds. The number of hydrogen-bond donors (Lipinski definition) is 2. The number of thiocarbonyl (C=S) groups is 1. The van der Waals surface area contributed by atoms with Crippen LogP contribution in [-0.2, 0) is 4.79 Å². The minimum absolute atomic E-state index is 0.113. The van der Waals surface area contributed by atoms with E-state index in [1.165, 1.54) is 0 Å². The highest BCUT2D eigenvalue weighted by molar-refractivity contribution is 7.80. The van der Waals surface area contributed by atoms with Gasteiger partial charge in [-0.15, -0.1) is 0 Å². The molecule has 2 rings (SSSR count). The van der Waals surface area contributed by atoms with E-state index in [4.69, 9.17) is 27.4 Å². The quantitative estimate of drug-likeness (QED) is 0.800. The number of amides is 1. The van der Waals surface area contributed by atoms with E-state index in [1.807, 2.05) is 0 Å². The van der Waals surface area contributed by atoms with Crippen LogP contribution in [0.25, 0.3) is 0 Å². The van der Waals surface area contributed by atoms with Crippen LogP contribution in [0.2, 0.25) is 0 Å². The molecule has 2 aromatic rings. The van der Waals surface area contributed by atoms with Gasteiger partial charge in [0.25, 0.3) is 5.91 Å². The van der Waals surface area contributed by atoms with Crippen LogP contribution in [0.1, 0.15) is 5.56 Å². The van der Waals surface area contributed by atoms with Gasteiger partial charge in [-0.3, -0.25) is 4.79 Å². The van der Waals surface area contributed by atoms with Crippen molar-refractivity contribution in [2.75, 3.05) is 19.0 Å². The Kier molecular flexibility index (Phi) is 5.32. The zero-order valence-electron chi connectivity index (χ0n) is 12.0. The van der Waals surface area contributed by atoms with Crippen LogP contribution in [0.5, 0.6) is 11.5 Å². The third-order valence-electron chi connectivity index (χ3n) is 2.90. The van der Waals surface area contributed by atoms with Crippen molar-refractivity contribution in [1.29, 1.82) is 0 Å². The third kappa shape index (κ3) is 4.20. The highest BCUT2D eigenvalue weighted by Gasteiger charge is 2.09. The van der Waals surface area contributed by atoms with E-state index in [-0.39, 0.29) is 17.5 Å². The molecule has 5 nitrogen and oxygen atoms in total. The maximum absolute atomic E-state index is 11.9. The number of carbonyl (C=O) groups excluding carboxylic acids is 1.